The van der Waals surface area contributed by atoms with E-state index in [0.29, 0.717) is 26.2 Å². The van der Waals surface area contributed by atoms with Crippen LogP contribution in [0.15, 0.2) is 30.3 Å². The minimum absolute atomic E-state index is 0.393. The maximum atomic E-state index is 13.8. The Kier molecular flexibility index (Phi) is 4.70. The highest BCUT2D eigenvalue weighted by atomic mass is 19.2. The lowest BCUT2D eigenvalue weighted by atomic mass is 10.1. The Morgan fingerprint density at radius 2 is 1.48 bits per heavy atom. The molecule has 1 saturated heterocycles. The molecule has 0 N–H and O–H groups in total. The molecular weight excluding hydrogens is 329 g/mol. The van der Waals surface area contributed by atoms with Crippen molar-refractivity contribution in [3.8, 4) is 0 Å². The Hall–Kier alpha value is -2.50. The maximum absolute atomic E-state index is 13.8. The van der Waals surface area contributed by atoms with E-state index in [9.17, 15) is 18.0 Å². The second-order valence-corrected chi connectivity index (χ2v) is 6.35. The SMILES string of the molecule is Cc1cc(C)cc(N2CCN(C(=O)c3ccc(F)c(F)c3F)CC2)c1. The molecule has 1 aliphatic rings. The minimum Gasteiger partial charge on any atom is -0.368 e. The lowest BCUT2D eigenvalue weighted by Gasteiger charge is -2.36. The molecule has 1 fully saturated rings. The summed E-state index contributed by atoms with van der Waals surface area (Å²) in [6, 6.07) is 8.03. The van der Waals surface area contributed by atoms with E-state index >= 15 is 0 Å². The van der Waals surface area contributed by atoms with Crippen LogP contribution in [0.1, 0.15) is 21.5 Å². The van der Waals surface area contributed by atoms with Crippen LogP contribution in [0.2, 0.25) is 0 Å². The third-order valence-corrected chi connectivity index (χ3v) is 4.40. The maximum Gasteiger partial charge on any atom is 0.257 e. The molecule has 2 aromatic carbocycles. The smallest absolute Gasteiger partial charge is 0.257 e. The van der Waals surface area contributed by atoms with Crippen molar-refractivity contribution >= 4 is 11.6 Å². The zero-order valence-corrected chi connectivity index (χ0v) is 14.2. The summed E-state index contributed by atoms with van der Waals surface area (Å²) in [5, 5.41) is 0. The van der Waals surface area contributed by atoms with Gasteiger partial charge < -0.3 is 9.80 Å². The normalized spacial score (nSPS) is 14.8. The number of rotatable bonds is 2. The molecule has 1 amide bonds. The minimum atomic E-state index is -1.61. The fourth-order valence-corrected chi connectivity index (χ4v) is 3.16. The number of carbonyl (C=O) groups is 1. The number of nitrogens with zero attached hydrogens (tertiary/aromatic N) is 2. The number of halogens is 3. The summed E-state index contributed by atoms with van der Waals surface area (Å²) in [6.07, 6.45) is 0. The Balaban J connectivity index is 1.72. The Morgan fingerprint density at radius 1 is 0.880 bits per heavy atom. The molecule has 0 atom stereocenters. The van der Waals surface area contributed by atoms with Gasteiger partial charge in [-0.05, 0) is 49.2 Å². The zero-order chi connectivity index (χ0) is 18.1. The van der Waals surface area contributed by atoms with Crippen molar-refractivity contribution in [2.24, 2.45) is 0 Å². The second kappa shape index (κ2) is 6.78. The van der Waals surface area contributed by atoms with Crippen LogP contribution in [0.5, 0.6) is 0 Å². The van der Waals surface area contributed by atoms with Gasteiger partial charge in [0.05, 0.1) is 5.56 Å². The monoisotopic (exact) mass is 348 g/mol. The Bertz CT molecular complexity index is 794. The predicted molar refractivity (Wildman–Crippen MR) is 90.3 cm³/mol. The van der Waals surface area contributed by atoms with E-state index in [0.717, 1.165) is 28.9 Å². The first-order valence-corrected chi connectivity index (χ1v) is 8.13. The summed E-state index contributed by atoms with van der Waals surface area (Å²) >= 11 is 0. The van der Waals surface area contributed by atoms with Gasteiger partial charge in [-0.3, -0.25) is 4.79 Å². The molecule has 132 valence electrons. The molecule has 0 aliphatic carbocycles. The van der Waals surface area contributed by atoms with E-state index < -0.39 is 28.9 Å². The van der Waals surface area contributed by atoms with Gasteiger partial charge in [0, 0.05) is 31.9 Å². The van der Waals surface area contributed by atoms with Crippen LogP contribution in [-0.2, 0) is 0 Å². The van der Waals surface area contributed by atoms with E-state index in [1.807, 2.05) is 13.8 Å². The van der Waals surface area contributed by atoms with Gasteiger partial charge in [-0.2, -0.15) is 0 Å². The number of anilines is 1. The van der Waals surface area contributed by atoms with Gasteiger partial charge in [0.25, 0.3) is 5.91 Å². The van der Waals surface area contributed by atoms with Crippen LogP contribution in [0.25, 0.3) is 0 Å². The van der Waals surface area contributed by atoms with Gasteiger partial charge in [0.1, 0.15) is 0 Å². The van der Waals surface area contributed by atoms with Crippen molar-refractivity contribution in [1.82, 2.24) is 4.90 Å². The van der Waals surface area contributed by atoms with Gasteiger partial charge >= 0.3 is 0 Å². The quantitative estimate of drug-likeness (QED) is 0.773. The average Bonchev–Trinajstić information content (AvgIpc) is 2.59. The summed E-state index contributed by atoms with van der Waals surface area (Å²) in [5.74, 6) is -4.95. The summed E-state index contributed by atoms with van der Waals surface area (Å²) < 4.78 is 40.2. The predicted octanol–water partition coefficient (Wildman–Crippen LogP) is 3.68. The van der Waals surface area contributed by atoms with Crippen molar-refractivity contribution < 1.29 is 18.0 Å². The van der Waals surface area contributed by atoms with Crippen molar-refractivity contribution in [2.75, 3.05) is 31.1 Å². The molecule has 0 bridgehead atoms. The third-order valence-electron chi connectivity index (χ3n) is 4.40. The molecule has 1 heterocycles. The van der Waals surface area contributed by atoms with E-state index in [-0.39, 0.29) is 0 Å². The molecule has 0 aromatic heterocycles. The van der Waals surface area contributed by atoms with Crippen LogP contribution in [-0.4, -0.2) is 37.0 Å². The van der Waals surface area contributed by atoms with Crippen molar-refractivity contribution in [3.05, 3.63) is 64.5 Å². The van der Waals surface area contributed by atoms with Crippen molar-refractivity contribution in [3.63, 3.8) is 0 Å². The summed E-state index contributed by atoms with van der Waals surface area (Å²) in [4.78, 5) is 16.0. The highest BCUT2D eigenvalue weighted by Gasteiger charge is 2.26. The second-order valence-electron chi connectivity index (χ2n) is 6.35. The van der Waals surface area contributed by atoms with E-state index in [2.05, 4.69) is 23.1 Å². The summed E-state index contributed by atoms with van der Waals surface area (Å²) in [7, 11) is 0. The van der Waals surface area contributed by atoms with E-state index in [4.69, 9.17) is 0 Å². The number of amides is 1. The molecular formula is C19H19F3N2O. The lowest BCUT2D eigenvalue weighted by molar-refractivity contribution is 0.0740. The molecule has 1 aliphatic heterocycles. The molecule has 0 saturated carbocycles. The highest BCUT2D eigenvalue weighted by Crippen LogP contribution is 2.22. The molecule has 3 rings (SSSR count). The third kappa shape index (κ3) is 3.48. The van der Waals surface area contributed by atoms with Gasteiger partial charge in [-0.1, -0.05) is 6.07 Å². The van der Waals surface area contributed by atoms with Crippen LogP contribution < -0.4 is 4.90 Å². The Labute approximate surface area is 144 Å². The van der Waals surface area contributed by atoms with E-state index in [1.165, 1.54) is 4.90 Å². The van der Waals surface area contributed by atoms with Crippen molar-refractivity contribution in [2.45, 2.75) is 13.8 Å². The van der Waals surface area contributed by atoms with E-state index in [1.54, 1.807) is 0 Å². The first kappa shape index (κ1) is 17.3. The standard InChI is InChI=1S/C19H19F3N2O/c1-12-9-13(2)11-14(10-12)23-5-7-24(8-6-23)19(25)15-3-4-16(20)18(22)17(15)21/h3-4,9-11H,5-8H2,1-2H3. The topological polar surface area (TPSA) is 23.6 Å². The van der Waals surface area contributed by atoms with Gasteiger partial charge in [0.2, 0.25) is 0 Å². The van der Waals surface area contributed by atoms with Gasteiger partial charge in [-0.25, -0.2) is 13.2 Å². The lowest BCUT2D eigenvalue weighted by Crippen LogP contribution is -2.49. The van der Waals surface area contributed by atoms with Crippen LogP contribution >= 0.6 is 0 Å². The number of piperazine rings is 1. The Morgan fingerprint density at radius 3 is 2.08 bits per heavy atom. The molecule has 0 unspecified atom stereocenters. The number of carbonyl (C=O) groups excluding carboxylic acids is 1. The number of hydrogen-bond acceptors (Lipinski definition) is 2. The summed E-state index contributed by atoms with van der Waals surface area (Å²) in [6.45, 7) is 6.04. The van der Waals surface area contributed by atoms with Crippen molar-refractivity contribution in [1.29, 1.82) is 0 Å². The molecule has 0 radical (unpaired) electrons. The van der Waals surface area contributed by atoms with Crippen LogP contribution in [0.4, 0.5) is 18.9 Å². The largest absolute Gasteiger partial charge is 0.368 e. The van der Waals surface area contributed by atoms with Gasteiger partial charge in [-0.15, -0.1) is 0 Å². The molecule has 6 heteroatoms. The first-order chi connectivity index (χ1) is 11.9. The highest BCUT2D eigenvalue weighted by molar-refractivity contribution is 5.94. The first-order valence-electron chi connectivity index (χ1n) is 8.13. The summed E-state index contributed by atoms with van der Waals surface area (Å²) in [5.41, 5.74) is 2.98. The number of hydrogen-bond donors (Lipinski definition) is 0. The molecule has 25 heavy (non-hydrogen) atoms. The molecule has 3 nitrogen and oxygen atoms in total. The fraction of sp³-hybridized carbons (Fsp3) is 0.316. The zero-order valence-electron chi connectivity index (χ0n) is 14.2. The molecule has 0 spiro atoms. The average molecular weight is 348 g/mol. The van der Waals surface area contributed by atoms with Crippen LogP contribution in [0.3, 0.4) is 0 Å². The number of aryl methyl sites for hydroxylation is 2. The molecule has 2 aromatic rings. The fourth-order valence-electron chi connectivity index (χ4n) is 3.16. The van der Waals surface area contributed by atoms with Gasteiger partial charge in [0.15, 0.2) is 17.5 Å². The number of benzene rings is 2. The van der Waals surface area contributed by atoms with Crippen LogP contribution in [0, 0.1) is 31.3 Å².